The lowest BCUT2D eigenvalue weighted by atomic mass is 10.1. The topological polar surface area (TPSA) is 0 Å². The van der Waals surface area contributed by atoms with Crippen molar-refractivity contribution in [2.24, 2.45) is 0 Å². The predicted molar refractivity (Wildman–Crippen MR) is 116 cm³/mol. The molecule has 0 nitrogen and oxygen atoms in total. The van der Waals surface area contributed by atoms with Crippen molar-refractivity contribution in [1.29, 1.82) is 0 Å². The SMILES string of the molecule is Cc1cc(C2=CCC(C)S2)c(-c2sc(C)cc2C2=CCC(C)S2)s1. The minimum atomic E-state index is 0.714. The maximum absolute atomic E-state index is 2.44. The van der Waals surface area contributed by atoms with Crippen molar-refractivity contribution in [3.8, 4) is 9.75 Å². The van der Waals surface area contributed by atoms with Crippen LogP contribution in [0.3, 0.4) is 0 Å². The molecule has 4 heterocycles. The Morgan fingerprint density at radius 1 is 0.750 bits per heavy atom. The number of allylic oxidation sites excluding steroid dienone is 2. The van der Waals surface area contributed by atoms with Gasteiger partial charge in [0, 0.05) is 41.2 Å². The van der Waals surface area contributed by atoms with Crippen molar-refractivity contribution < 1.29 is 0 Å². The van der Waals surface area contributed by atoms with Crippen LogP contribution in [-0.4, -0.2) is 10.5 Å². The normalized spacial score (nSPS) is 23.7. The van der Waals surface area contributed by atoms with E-state index in [1.165, 1.54) is 53.3 Å². The molecule has 2 aliphatic rings. The van der Waals surface area contributed by atoms with Crippen molar-refractivity contribution >= 4 is 56.0 Å². The first kappa shape index (κ1) is 17.0. The van der Waals surface area contributed by atoms with Gasteiger partial charge in [-0.1, -0.05) is 26.0 Å². The smallest absolute Gasteiger partial charge is 0.0535 e. The average Bonchev–Trinajstić information content (AvgIpc) is 3.26. The van der Waals surface area contributed by atoms with Crippen LogP contribution in [0.4, 0.5) is 0 Å². The highest BCUT2D eigenvalue weighted by atomic mass is 32.2. The molecule has 2 aromatic heterocycles. The third kappa shape index (κ3) is 3.18. The summed E-state index contributed by atoms with van der Waals surface area (Å²) in [7, 11) is 0. The largest absolute Gasteiger partial charge is 0.139 e. The third-order valence-electron chi connectivity index (χ3n) is 4.37. The highest BCUT2D eigenvalue weighted by Gasteiger charge is 2.25. The van der Waals surface area contributed by atoms with Gasteiger partial charge in [-0.3, -0.25) is 0 Å². The molecule has 0 aromatic carbocycles. The van der Waals surface area contributed by atoms with Gasteiger partial charge in [0.1, 0.15) is 0 Å². The van der Waals surface area contributed by atoms with Gasteiger partial charge in [0.2, 0.25) is 0 Å². The molecule has 4 rings (SSSR count). The summed E-state index contributed by atoms with van der Waals surface area (Å²) >= 11 is 8.00. The van der Waals surface area contributed by atoms with E-state index < -0.39 is 0 Å². The zero-order chi connectivity index (χ0) is 16.8. The van der Waals surface area contributed by atoms with Gasteiger partial charge in [0.15, 0.2) is 0 Å². The van der Waals surface area contributed by atoms with Gasteiger partial charge in [0.25, 0.3) is 0 Å². The fourth-order valence-corrected chi connectivity index (χ4v) is 7.80. The number of thiophene rings is 2. The highest BCUT2D eigenvalue weighted by molar-refractivity contribution is 8.09. The molecule has 0 radical (unpaired) electrons. The summed E-state index contributed by atoms with van der Waals surface area (Å²) in [4.78, 5) is 8.77. The van der Waals surface area contributed by atoms with Crippen LogP contribution < -0.4 is 0 Å². The van der Waals surface area contributed by atoms with Crippen molar-refractivity contribution in [2.45, 2.75) is 51.0 Å². The molecule has 0 saturated carbocycles. The molecule has 2 unspecified atom stereocenters. The van der Waals surface area contributed by atoms with Crippen molar-refractivity contribution in [2.75, 3.05) is 0 Å². The van der Waals surface area contributed by atoms with Crippen LogP contribution in [0.25, 0.3) is 19.6 Å². The summed E-state index contributed by atoms with van der Waals surface area (Å²) in [6.45, 7) is 9.14. The fourth-order valence-electron chi connectivity index (χ4n) is 3.25. The van der Waals surface area contributed by atoms with Crippen LogP contribution in [0.1, 0.15) is 47.6 Å². The number of hydrogen-bond donors (Lipinski definition) is 0. The molecule has 0 saturated heterocycles. The molecule has 4 heteroatoms. The third-order valence-corrected chi connectivity index (χ3v) is 9.11. The molecule has 126 valence electrons. The predicted octanol–water partition coefficient (Wildman–Crippen LogP) is 7.83. The molecule has 24 heavy (non-hydrogen) atoms. The van der Waals surface area contributed by atoms with Gasteiger partial charge >= 0.3 is 0 Å². The Labute approximate surface area is 161 Å². The highest BCUT2D eigenvalue weighted by Crippen LogP contribution is 2.51. The maximum atomic E-state index is 2.44. The molecule has 0 N–H and O–H groups in total. The molecular formula is C20H22S4. The fraction of sp³-hybridized carbons (Fsp3) is 0.400. The Morgan fingerprint density at radius 3 is 1.50 bits per heavy atom. The Bertz CT molecular complexity index is 764. The lowest BCUT2D eigenvalue weighted by Crippen LogP contribution is -1.86. The first-order valence-corrected chi connectivity index (χ1v) is 11.9. The maximum Gasteiger partial charge on any atom is 0.0535 e. The summed E-state index contributed by atoms with van der Waals surface area (Å²) in [5, 5.41) is 1.43. The summed E-state index contributed by atoms with van der Waals surface area (Å²) < 4.78 is 0. The first-order chi connectivity index (χ1) is 11.5. The lowest BCUT2D eigenvalue weighted by Gasteiger charge is -2.08. The molecule has 0 bridgehead atoms. The summed E-state index contributed by atoms with van der Waals surface area (Å²) in [5.41, 5.74) is 2.93. The van der Waals surface area contributed by atoms with E-state index in [9.17, 15) is 0 Å². The Balaban J connectivity index is 1.80. The second-order valence-corrected chi connectivity index (χ2v) is 12.1. The average molecular weight is 391 g/mol. The molecule has 2 aromatic rings. The van der Waals surface area contributed by atoms with Gasteiger partial charge in [-0.05, 0) is 38.8 Å². The van der Waals surface area contributed by atoms with Crippen molar-refractivity contribution in [3.05, 3.63) is 45.2 Å². The van der Waals surface area contributed by atoms with Crippen LogP contribution in [0.5, 0.6) is 0 Å². The standard InChI is InChI=1S/C20H22S4/c1-11-5-7-17(21-11)15-9-13(3)23-19(15)20-16(10-14(4)24-20)18-8-6-12(2)22-18/h7-12H,5-6H2,1-4H3. The van der Waals surface area contributed by atoms with Crippen LogP contribution in [0.15, 0.2) is 24.3 Å². The van der Waals surface area contributed by atoms with E-state index in [4.69, 9.17) is 0 Å². The second kappa shape index (κ2) is 6.71. The number of thioether (sulfide) groups is 2. The number of hydrogen-bond acceptors (Lipinski definition) is 4. The molecular weight excluding hydrogens is 368 g/mol. The van der Waals surface area contributed by atoms with E-state index in [-0.39, 0.29) is 0 Å². The summed E-state index contributed by atoms with van der Waals surface area (Å²) in [6, 6.07) is 4.79. The van der Waals surface area contributed by atoms with Gasteiger partial charge in [-0.2, -0.15) is 0 Å². The second-order valence-electron chi connectivity index (χ2n) is 6.66. The Morgan fingerprint density at radius 2 is 1.17 bits per heavy atom. The van der Waals surface area contributed by atoms with Crippen LogP contribution in [0.2, 0.25) is 0 Å². The molecule has 0 fully saturated rings. The summed E-state index contributed by atoms with van der Waals surface area (Å²) in [5.74, 6) is 0. The van der Waals surface area contributed by atoms with Gasteiger partial charge < -0.3 is 0 Å². The number of rotatable bonds is 3. The van der Waals surface area contributed by atoms with Gasteiger partial charge in [-0.25, -0.2) is 0 Å². The van der Waals surface area contributed by atoms with Crippen molar-refractivity contribution in [1.82, 2.24) is 0 Å². The van der Waals surface area contributed by atoms with E-state index in [0.717, 1.165) is 0 Å². The van der Waals surface area contributed by atoms with Crippen LogP contribution in [-0.2, 0) is 0 Å². The van der Waals surface area contributed by atoms with Crippen molar-refractivity contribution in [3.63, 3.8) is 0 Å². The molecule has 0 spiro atoms. The van der Waals surface area contributed by atoms with E-state index >= 15 is 0 Å². The van der Waals surface area contributed by atoms with E-state index in [2.05, 4.69) is 52.0 Å². The molecule has 0 aliphatic carbocycles. The zero-order valence-electron chi connectivity index (χ0n) is 14.5. The van der Waals surface area contributed by atoms with Gasteiger partial charge in [0.05, 0.1) is 9.75 Å². The quantitative estimate of drug-likeness (QED) is 0.524. The Kier molecular flexibility index (Phi) is 4.76. The molecule has 2 aliphatic heterocycles. The lowest BCUT2D eigenvalue weighted by molar-refractivity contribution is 1.00. The molecule has 0 amide bonds. The first-order valence-electron chi connectivity index (χ1n) is 8.47. The minimum absolute atomic E-state index is 0.714. The summed E-state index contributed by atoms with van der Waals surface area (Å²) in [6.07, 6.45) is 7.27. The Hall–Kier alpha value is -0.420. The molecule has 2 atom stereocenters. The van der Waals surface area contributed by atoms with Gasteiger partial charge in [-0.15, -0.1) is 46.2 Å². The van der Waals surface area contributed by atoms with E-state index in [1.807, 2.05) is 46.2 Å². The van der Waals surface area contributed by atoms with Crippen LogP contribution >= 0.6 is 46.2 Å². The monoisotopic (exact) mass is 390 g/mol. The van der Waals surface area contributed by atoms with E-state index in [0.29, 0.717) is 10.5 Å². The van der Waals surface area contributed by atoms with Crippen LogP contribution in [0, 0.1) is 13.8 Å². The zero-order valence-corrected chi connectivity index (χ0v) is 17.8. The van der Waals surface area contributed by atoms with E-state index in [1.54, 1.807) is 0 Å². The minimum Gasteiger partial charge on any atom is -0.139 e. The number of aryl methyl sites for hydroxylation is 2.